The molecule has 172 valence electrons. The van der Waals surface area contributed by atoms with Crippen molar-refractivity contribution in [1.82, 2.24) is 4.98 Å². The SMILES string of the molecule is COc1ccccc1COc1ccc(C)c2nc(-c3sc4ccccc4c3C)cc(C(O)O)c12. The van der Waals surface area contributed by atoms with Gasteiger partial charge in [-0.2, -0.15) is 0 Å². The van der Waals surface area contributed by atoms with Gasteiger partial charge in [0.1, 0.15) is 18.1 Å². The molecule has 6 heteroatoms. The van der Waals surface area contributed by atoms with Gasteiger partial charge in [0.25, 0.3) is 0 Å². The summed E-state index contributed by atoms with van der Waals surface area (Å²) in [6, 6.07) is 21.5. The van der Waals surface area contributed by atoms with Gasteiger partial charge in [0.2, 0.25) is 0 Å². The summed E-state index contributed by atoms with van der Waals surface area (Å²) in [6.45, 7) is 4.32. The summed E-state index contributed by atoms with van der Waals surface area (Å²) in [4.78, 5) is 6.00. The smallest absolute Gasteiger partial charge is 0.179 e. The summed E-state index contributed by atoms with van der Waals surface area (Å²) in [5.41, 5.74) is 4.74. The number of methoxy groups -OCH3 is 1. The number of fused-ring (bicyclic) bond motifs is 2. The molecule has 0 fully saturated rings. The predicted molar refractivity (Wildman–Crippen MR) is 137 cm³/mol. The first kappa shape index (κ1) is 22.3. The first-order valence-electron chi connectivity index (χ1n) is 11.0. The van der Waals surface area contributed by atoms with Crippen molar-refractivity contribution in [3.05, 3.63) is 89.0 Å². The fraction of sp³-hybridized carbons (Fsp3) is 0.179. The van der Waals surface area contributed by atoms with Crippen LogP contribution in [0.4, 0.5) is 0 Å². The monoisotopic (exact) mass is 471 g/mol. The maximum atomic E-state index is 10.3. The Morgan fingerprint density at radius 1 is 0.941 bits per heavy atom. The van der Waals surface area contributed by atoms with Crippen molar-refractivity contribution < 1.29 is 19.7 Å². The maximum Gasteiger partial charge on any atom is 0.179 e. The third-order valence-electron chi connectivity index (χ3n) is 6.08. The Bertz CT molecular complexity index is 1510. The van der Waals surface area contributed by atoms with Crippen molar-refractivity contribution in [2.24, 2.45) is 0 Å². The number of aromatic nitrogens is 1. The van der Waals surface area contributed by atoms with E-state index in [1.165, 1.54) is 10.1 Å². The van der Waals surface area contributed by atoms with E-state index in [9.17, 15) is 10.2 Å². The zero-order chi connectivity index (χ0) is 23.8. The molecule has 5 nitrogen and oxygen atoms in total. The fourth-order valence-corrected chi connectivity index (χ4v) is 5.48. The summed E-state index contributed by atoms with van der Waals surface area (Å²) in [5.74, 6) is 1.28. The Balaban J connectivity index is 1.65. The molecular weight excluding hydrogens is 446 g/mol. The van der Waals surface area contributed by atoms with Crippen molar-refractivity contribution in [2.45, 2.75) is 26.7 Å². The van der Waals surface area contributed by atoms with E-state index in [0.717, 1.165) is 33.0 Å². The Morgan fingerprint density at radius 3 is 2.47 bits per heavy atom. The molecule has 5 rings (SSSR count). The second kappa shape index (κ2) is 9.06. The van der Waals surface area contributed by atoms with Gasteiger partial charge in [-0.3, -0.25) is 0 Å². The van der Waals surface area contributed by atoms with E-state index in [0.29, 0.717) is 22.2 Å². The summed E-state index contributed by atoms with van der Waals surface area (Å²) < 4.78 is 12.8. The number of para-hydroxylation sites is 1. The number of rotatable bonds is 6. The van der Waals surface area contributed by atoms with Gasteiger partial charge in [0.15, 0.2) is 6.29 Å². The van der Waals surface area contributed by atoms with Crippen LogP contribution in [-0.4, -0.2) is 22.3 Å². The molecule has 0 aliphatic heterocycles. The van der Waals surface area contributed by atoms with E-state index < -0.39 is 6.29 Å². The Kier molecular flexibility index (Phi) is 5.96. The Morgan fingerprint density at radius 2 is 1.71 bits per heavy atom. The molecule has 0 saturated heterocycles. The quantitative estimate of drug-likeness (QED) is 0.284. The maximum absolute atomic E-state index is 10.3. The zero-order valence-electron chi connectivity index (χ0n) is 19.2. The second-order valence-corrected chi connectivity index (χ2v) is 9.28. The molecule has 0 unspecified atom stereocenters. The largest absolute Gasteiger partial charge is 0.496 e. The number of thiophene rings is 1. The van der Waals surface area contributed by atoms with E-state index in [1.807, 2.05) is 55.5 Å². The van der Waals surface area contributed by atoms with Crippen LogP contribution in [0.3, 0.4) is 0 Å². The van der Waals surface area contributed by atoms with Crippen LogP contribution in [-0.2, 0) is 6.61 Å². The number of aryl methyl sites for hydroxylation is 2. The third-order valence-corrected chi connectivity index (χ3v) is 7.38. The number of aliphatic hydroxyl groups excluding tert-OH is 1. The zero-order valence-corrected chi connectivity index (χ0v) is 20.0. The minimum absolute atomic E-state index is 0.278. The third kappa shape index (κ3) is 3.90. The molecule has 3 aromatic carbocycles. The standard InChI is InChI=1S/C28H25NO4S/c1-16-12-13-23(33-15-18-8-4-6-10-22(18)32-3)25-20(28(30)31)14-21(29-26(16)25)27-17(2)19-9-5-7-11-24(19)34-27/h4-14,28,30-31H,15H2,1-3H3. The van der Waals surface area contributed by atoms with Gasteiger partial charge < -0.3 is 19.7 Å². The van der Waals surface area contributed by atoms with Gasteiger partial charge >= 0.3 is 0 Å². The highest BCUT2D eigenvalue weighted by Crippen LogP contribution is 2.41. The van der Waals surface area contributed by atoms with Gasteiger partial charge in [-0.1, -0.05) is 42.5 Å². The predicted octanol–water partition coefficient (Wildman–Crippen LogP) is 6.30. The van der Waals surface area contributed by atoms with E-state index in [4.69, 9.17) is 14.5 Å². The summed E-state index contributed by atoms with van der Waals surface area (Å²) in [5, 5.41) is 22.5. The summed E-state index contributed by atoms with van der Waals surface area (Å²) in [7, 11) is 1.63. The van der Waals surface area contributed by atoms with Crippen LogP contribution in [0.5, 0.6) is 11.5 Å². The van der Waals surface area contributed by atoms with Crippen LogP contribution in [0.15, 0.2) is 66.7 Å². The normalized spacial score (nSPS) is 11.5. The average molecular weight is 472 g/mol. The van der Waals surface area contributed by atoms with Crippen LogP contribution in [0.25, 0.3) is 31.6 Å². The lowest BCUT2D eigenvalue weighted by Gasteiger charge is -2.17. The second-order valence-electron chi connectivity index (χ2n) is 8.23. The molecule has 2 heterocycles. The van der Waals surface area contributed by atoms with Gasteiger partial charge in [-0.25, -0.2) is 4.98 Å². The minimum Gasteiger partial charge on any atom is -0.496 e. The first-order chi connectivity index (χ1) is 16.5. The molecule has 2 aromatic heterocycles. The highest BCUT2D eigenvalue weighted by molar-refractivity contribution is 7.22. The van der Waals surface area contributed by atoms with E-state index in [2.05, 4.69) is 19.1 Å². The minimum atomic E-state index is -1.67. The van der Waals surface area contributed by atoms with Gasteiger partial charge in [0, 0.05) is 15.8 Å². The number of aliphatic hydroxyl groups is 2. The summed E-state index contributed by atoms with van der Waals surface area (Å²) in [6.07, 6.45) is -1.67. The first-order valence-corrected chi connectivity index (χ1v) is 11.8. The lowest BCUT2D eigenvalue weighted by Crippen LogP contribution is -2.04. The van der Waals surface area contributed by atoms with Crippen LogP contribution in [0.1, 0.15) is 28.5 Å². The number of benzene rings is 3. The molecule has 2 N–H and O–H groups in total. The van der Waals surface area contributed by atoms with E-state index >= 15 is 0 Å². The number of pyridine rings is 1. The number of hydrogen-bond acceptors (Lipinski definition) is 6. The molecule has 0 atom stereocenters. The fourth-order valence-electron chi connectivity index (χ4n) is 4.31. The molecule has 5 aromatic rings. The molecular formula is C28H25NO4S. The van der Waals surface area contributed by atoms with Crippen LogP contribution in [0, 0.1) is 13.8 Å². The highest BCUT2D eigenvalue weighted by atomic mass is 32.1. The van der Waals surface area contributed by atoms with E-state index in [1.54, 1.807) is 24.5 Å². The molecule has 34 heavy (non-hydrogen) atoms. The lowest BCUT2D eigenvalue weighted by molar-refractivity contribution is -0.0414. The van der Waals surface area contributed by atoms with Crippen LogP contribution in [0.2, 0.25) is 0 Å². The lowest BCUT2D eigenvalue weighted by atomic mass is 10.0. The molecule has 0 bridgehead atoms. The van der Waals surface area contributed by atoms with Crippen molar-refractivity contribution in [3.63, 3.8) is 0 Å². The van der Waals surface area contributed by atoms with E-state index in [-0.39, 0.29) is 6.61 Å². The van der Waals surface area contributed by atoms with Crippen molar-refractivity contribution in [2.75, 3.05) is 7.11 Å². The number of nitrogens with zero attached hydrogens (tertiary/aromatic N) is 1. The van der Waals surface area contributed by atoms with Gasteiger partial charge in [0.05, 0.1) is 28.6 Å². The molecule has 0 saturated carbocycles. The van der Waals surface area contributed by atoms with Crippen LogP contribution < -0.4 is 9.47 Å². The Labute approximate surface area is 201 Å². The number of ether oxygens (including phenoxy) is 2. The van der Waals surface area contributed by atoms with Gasteiger partial charge in [-0.05, 0) is 54.6 Å². The topological polar surface area (TPSA) is 71.8 Å². The van der Waals surface area contributed by atoms with Crippen molar-refractivity contribution >= 4 is 32.3 Å². The summed E-state index contributed by atoms with van der Waals surface area (Å²) >= 11 is 1.66. The van der Waals surface area contributed by atoms with Crippen molar-refractivity contribution in [1.29, 1.82) is 0 Å². The highest BCUT2D eigenvalue weighted by Gasteiger charge is 2.20. The molecule has 0 amide bonds. The average Bonchev–Trinajstić information content (AvgIpc) is 3.20. The number of hydrogen-bond donors (Lipinski definition) is 2. The molecule has 0 aliphatic rings. The molecule has 0 radical (unpaired) electrons. The van der Waals surface area contributed by atoms with Crippen LogP contribution >= 0.6 is 11.3 Å². The molecule has 0 spiro atoms. The van der Waals surface area contributed by atoms with Crippen molar-refractivity contribution in [3.8, 4) is 22.1 Å². The Hall–Kier alpha value is -3.45. The van der Waals surface area contributed by atoms with Gasteiger partial charge in [-0.15, -0.1) is 11.3 Å². The molecule has 0 aliphatic carbocycles.